The van der Waals surface area contributed by atoms with E-state index in [-0.39, 0.29) is 11.3 Å². The largest absolute Gasteiger partial charge is 0.493 e. The van der Waals surface area contributed by atoms with Gasteiger partial charge in [0.2, 0.25) is 5.91 Å². The lowest BCUT2D eigenvalue weighted by Crippen LogP contribution is -2.60. The Labute approximate surface area is 211 Å². The number of carbonyl (C=O) groups is 1. The van der Waals surface area contributed by atoms with E-state index < -0.39 is 0 Å². The molecule has 0 radical (unpaired) electrons. The van der Waals surface area contributed by atoms with Crippen LogP contribution in [0.2, 0.25) is 0 Å². The van der Waals surface area contributed by atoms with E-state index in [9.17, 15) is 4.79 Å². The SMILES string of the molecule is COc1ccc(CCCCNC2CC[C@H]3[C@@H]4CCC5NC(=O)C=C[C@]5(C)[C@@H]4CC[C@]23C)cc1OC. The maximum absolute atomic E-state index is 12.0. The van der Waals surface area contributed by atoms with Gasteiger partial charge >= 0.3 is 0 Å². The van der Waals surface area contributed by atoms with Gasteiger partial charge in [0.25, 0.3) is 0 Å². The summed E-state index contributed by atoms with van der Waals surface area (Å²) in [6.07, 6.45) is 15.2. The quantitative estimate of drug-likeness (QED) is 0.497. The molecule has 7 atom stereocenters. The molecule has 4 aliphatic rings. The highest BCUT2D eigenvalue weighted by Crippen LogP contribution is 2.63. The predicted octanol–water partition coefficient (Wildman–Crippen LogP) is 5.28. The molecule has 0 bridgehead atoms. The molecule has 35 heavy (non-hydrogen) atoms. The van der Waals surface area contributed by atoms with E-state index >= 15 is 0 Å². The first-order valence-electron chi connectivity index (χ1n) is 13.8. The fourth-order valence-corrected chi connectivity index (χ4v) is 8.44. The molecule has 3 saturated carbocycles. The minimum atomic E-state index is 0.0998. The molecule has 1 aromatic carbocycles. The number of amides is 1. The van der Waals surface area contributed by atoms with Crippen LogP contribution in [0.5, 0.6) is 11.5 Å². The summed E-state index contributed by atoms with van der Waals surface area (Å²) in [6.45, 7) is 6.09. The number of hydrogen-bond donors (Lipinski definition) is 2. The summed E-state index contributed by atoms with van der Waals surface area (Å²) in [5.41, 5.74) is 1.86. The van der Waals surface area contributed by atoms with E-state index in [2.05, 4.69) is 42.7 Å². The van der Waals surface area contributed by atoms with E-state index in [1.165, 1.54) is 50.5 Å². The first-order chi connectivity index (χ1) is 16.9. The lowest BCUT2D eigenvalue weighted by molar-refractivity contribution is -0.122. The van der Waals surface area contributed by atoms with Crippen molar-refractivity contribution < 1.29 is 14.3 Å². The van der Waals surface area contributed by atoms with Gasteiger partial charge in [-0.05, 0) is 111 Å². The number of rotatable bonds is 8. The normalized spacial score (nSPS) is 37.7. The van der Waals surface area contributed by atoms with Gasteiger partial charge in [0.1, 0.15) is 0 Å². The zero-order valence-electron chi connectivity index (χ0n) is 22.1. The van der Waals surface area contributed by atoms with Crippen molar-refractivity contribution in [2.45, 2.75) is 83.7 Å². The number of unbranched alkanes of at least 4 members (excludes halogenated alkanes) is 1. The first-order valence-corrected chi connectivity index (χ1v) is 13.8. The molecule has 5 nitrogen and oxygen atoms in total. The third kappa shape index (κ3) is 4.39. The summed E-state index contributed by atoms with van der Waals surface area (Å²) in [4.78, 5) is 12.0. The maximum atomic E-state index is 12.0. The molecule has 2 unspecified atom stereocenters. The van der Waals surface area contributed by atoms with Crippen LogP contribution >= 0.6 is 0 Å². The summed E-state index contributed by atoms with van der Waals surface area (Å²) in [5.74, 6) is 4.03. The smallest absolute Gasteiger partial charge is 0.243 e. The highest BCUT2D eigenvalue weighted by atomic mass is 16.5. The maximum Gasteiger partial charge on any atom is 0.243 e. The topological polar surface area (TPSA) is 59.6 Å². The van der Waals surface area contributed by atoms with Crippen molar-refractivity contribution in [1.29, 1.82) is 0 Å². The average Bonchev–Trinajstić information content (AvgIpc) is 3.20. The number of methoxy groups -OCH3 is 2. The van der Waals surface area contributed by atoms with Crippen molar-refractivity contribution in [3.63, 3.8) is 0 Å². The van der Waals surface area contributed by atoms with Crippen LogP contribution in [-0.2, 0) is 11.2 Å². The standard InChI is InChI=1S/C30H44N2O3/c1-29-16-14-23-21(9-12-27-30(23,2)17-15-28(33)32-27)22(29)10-13-26(29)31-18-6-5-7-20-8-11-24(34-3)25(19-20)35-4/h8,11,15,17,19,21-23,26-27,31H,5-7,9-10,12-14,16,18H2,1-4H3,(H,32,33)/t21-,22-,23+,26?,27?,29-,30+/m0/s1. The molecule has 0 spiro atoms. The first kappa shape index (κ1) is 24.7. The Balaban J connectivity index is 1.14. The van der Waals surface area contributed by atoms with E-state index in [0.717, 1.165) is 42.7 Å². The highest BCUT2D eigenvalue weighted by molar-refractivity contribution is 5.89. The summed E-state index contributed by atoms with van der Waals surface area (Å²) in [7, 11) is 3.38. The molecule has 1 aromatic rings. The molecule has 192 valence electrons. The Morgan fingerprint density at radius 1 is 1.00 bits per heavy atom. The van der Waals surface area contributed by atoms with Gasteiger partial charge in [-0.25, -0.2) is 0 Å². The monoisotopic (exact) mass is 480 g/mol. The Hall–Kier alpha value is -2.01. The second-order valence-corrected chi connectivity index (χ2v) is 12.0. The van der Waals surface area contributed by atoms with Gasteiger partial charge in [-0.3, -0.25) is 4.79 Å². The van der Waals surface area contributed by atoms with Crippen LogP contribution in [0.1, 0.15) is 70.8 Å². The Morgan fingerprint density at radius 3 is 2.63 bits per heavy atom. The fourth-order valence-electron chi connectivity index (χ4n) is 8.44. The molecule has 0 aromatic heterocycles. The zero-order valence-corrected chi connectivity index (χ0v) is 22.1. The van der Waals surface area contributed by atoms with Gasteiger partial charge in [0.05, 0.1) is 14.2 Å². The number of fused-ring (bicyclic) bond motifs is 5. The molecular formula is C30H44N2O3. The van der Waals surface area contributed by atoms with Crippen LogP contribution in [0, 0.1) is 28.6 Å². The Morgan fingerprint density at radius 2 is 1.83 bits per heavy atom. The fraction of sp³-hybridized carbons (Fsp3) is 0.700. The van der Waals surface area contributed by atoms with Gasteiger partial charge in [-0.1, -0.05) is 26.0 Å². The highest BCUT2D eigenvalue weighted by Gasteiger charge is 2.59. The van der Waals surface area contributed by atoms with E-state index in [4.69, 9.17) is 9.47 Å². The minimum Gasteiger partial charge on any atom is -0.493 e. The molecule has 3 aliphatic carbocycles. The molecule has 5 heteroatoms. The van der Waals surface area contributed by atoms with Gasteiger partial charge in [0, 0.05) is 17.5 Å². The summed E-state index contributed by atoms with van der Waals surface area (Å²) in [5, 5.41) is 7.28. The molecular weight excluding hydrogens is 436 g/mol. The van der Waals surface area contributed by atoms with Gasteiger partial charge in [0.15, 0.2) is 11.5 Å². The molecule has 2 N–H and O–H groups in total. The number of carbonyl (C=O) groups excluding carboxylic acids is 1. The van der Waals surface area contributed by atoms with Gasteiger partial charge in [-0.2, -0.15) is 0 Å². The van der Waals surface area contributed by atoms with Gasteiger partial charge in [-0.15, -0.1) is 0 Å². The second-order valence-electron chi connectivity index (χ2n) is 12.0. The van der Waals surface area contributed by atoms with Crippen LogP contribution in [0.4, 0.5) is 0 Å². The molecule has 0 saturated heterocycles. The van der Waals surface area contributed by atoms with Crippen LogP contribution in [0.3, 0.4) is 0 Å². The Bertz CT molecular complexity index is 961. The third-order valence-corrected chi connectivity index (χ3v) is 10.4. The van der Waals surface area contributed by atoms with Crippen LogP contribution in [-0.4, -0.2) is 38.8 Å². The van der Waals surface area contributed by atoms with Crippen molar-refractivity contribution in [3.8, 4) is 11.5 Å². The number of hydrogen-bond acceptors (Lipinski definition) is 4. The van der Waals surface area contributed by atoms with Crippen molar-refractivity contribution in [1.82, 2.24) is 10.6 Å². The van der Waals surface area contributed by atoms with Crippen LogP contribution in [0.15, 0.2) is 30.4 Å². The van der Waals surface area contributed by atoms with Crippen molar-refractivity contribution >= 4 is 5.91 Å². The summed E-state index contributed by atoms with van der Waals surface area (Å²) < 4.78 is 10.8. The van der Waals surface area contributed by atoms with Gasteiger partial charge < -0.3 is 20.1 Å². The van der Waals surface area contributed by atoms with Crippen LogP contribution in [0.25, 0.3) is 0 Å². The zero-order chi connectivity index (χ0) is 24.6. The number of nitrogens with one attached hydrogen (secondary N) is 2. The van der Waals surface area contributed by atoms with E-state index in [1.54, 1.807) is 20.3 Å². The minimum absolute atomic E-state index is 0.0998. The van der Waals surface area contributed by atoms with E-state index in [1.807, 2.05) is 6.07 Å². The number of ether oxygens (including phenoxy) is 2. The molecule has 1 aliphatic heterocycles. The molecule has 1 amide bonds. The Kier molecular flexibility index (Phi) is 6.91. The molecule has 1 heterocycles. The summed E-state index contributed by atoms with van der Waals surface area (Å²) >= 11 is 0. The van der Waals surface area contributed by atoms with Crippen molar-refractivity contribution in [3.05, 3.63) is 35.9 Å². The van der Waals surface area contributed by atoms with Crippen molar-refractivity contribution in [2.24, 2.45) is 28.6 Å². The third-order valence-electron chi connectivity index (χ3n) is 10.4. The molecule has 3 fully saturated rings. The lowest BCUT2D eigenvalue weighted by Gasteiger charge is -2.58. The summed E-state index contributed by atoms with van der Waals surface area (Å²) in [6, 6.07) is 7.23. The van der Waals surface area contributed by atoms with Crippen molar-refractivity contribution in [2.75, 3.05) is 20.8 Å². The average molecular weight is 481 g/mol. The number of aryl methyl sites for hydroxylation is 1. The number of benzene rings is 1. The lowest BCUT2D eigenvalue weighted by atomic mass is 9.48. The van der Waals surface area contributed by atoms with Crippen LogP contribution < -0.4 is 20.1 Å². The second kappa shape index (κ2) is 9.80. The molecule has 5 rings (SSSR count). The predicted molar refractivity (Wildman–Crippen MR) is 140 cm³/mol. The van der Waals surface area contributed by atoms with E-state index in [0.29, 0.717) is 23.4 Å².